The van der Waals surface area contributed by atoms with Crippen molar-refractivity contribution in [3.63, 3.8) is 0 Å². The van der Waals surface area contributed by atoms with E-state index >= 15 is 0 Å². The summed E-state index contributed by atoms with van der Waals surface area (Å²) in [6, 6.07) is 0. The molecule has 0 aliphatic heterocycles. The van der Waals surface area contributed by atoms with Crippen molar-refractivity contribution in [2.45, 2.75) is 12.8 Å². The van der Waals surface area contributed by atoms with E-state index in [1.807, 2.05) is 24.3 Å². The lowest BCUT2D eigenvalue weighted by atomic mass is 9.82. The molecule has 0 bridgehead atoms. The second-order valence-electron chi connectivity index (χ2n) is 4.08. The lowest BCUT2D eigenvalue weighted by Crippen LogP contribution is -2.27. The normalized spacial score (nSPS) is 39.8. The number of rotatable bonds is 3. The predicted octanol–water partition coefficient (Wildman–Crippen LogP) is 1.20. The molecule has 2 N–H and O–H groups in total. The minimum atomic E-state index is -0.762. The van der Waals surface area contributed by atoms with E-state index in [1.54, 1.807) is 0 Å². The van der Waals surface area contributed by atoms with Gasteiger partial charge in [-0.15, -0.1) is 0 Å². The van der Waals surface area contributed by atoms with Crippen LogP contribution < -0.4 is 0 Å². The zero-order valence-electron chi connectivity index (χ0n) is 7.89. The van der Waals surface area contributed by atoms with E-state index < -0.39 is 11.4 Å². The lowest BCUT2D eigenvalue weighted by Gasteiger charge is -2.21. The molecule has 0 amide bonds. The van der Waals surface area contributed by atoms with Crippen molar-refractivity contribution in [3.8, 4) is 0 Å². The molecule has 1 saturated carbocycles. The van der Waals surface area contributed by atoms with Crippen LogP contribution in [0.25, 0.3) is 0 Å². The number of aliphatic hydroxyl groups excluding tert-OH is 1. The number of allylic oxidation sites excluding steroid dienone is 4. The van der Waals surface area contributed by atoms with Crippen LogP contribution in [0.4, 0.5) is 0 Å². The molecule has 1 fully saturated rings. The number of carboxylic acid groups (broad SMARTS) is 1. The molecule has 3 atom stereocenters. The molecule has 0 radical (unpaired) electrons. The number of hydrogen-bond donors (Lipinski definition) is 2. The van der Waals surface area contributed by atoms with Gasteiger partial charge in [-0.2, -0.15) is 0 Å². The summed E-state index contributed by atoms with van der Waals surface area (Å²) in [5.41, 5.74) is -0.685. The molecular weight excluding hydrogens is 180 g/mol. The molecule has 0 heterocycles. The molecule has 2 rings (SSSR count). The zero-order valence-corrected chi connectivity index (χ0v) is 7.89. The molecule has 3 nitrogen and oxygen atoms in total. The Morgan fingerprint density at radius 2 is 2.29 bits per heavy atom. The fraction of sp³-hybridized carbons (Fsp3) is 0.545. The van der Waals surface area contributed by atoms with Crippen molar-refractivity contribution in [1.29, 1.82) is 0 Å². The summed E-state index contributed by atoms with van der Waals surface area (Å²) in [5.74, 6) is -0.759. The molecule has 0 aromatic rings. The highest BCUT2D eigenvalue weighted by atomic mass is 16.4. The molecule has 0 spiro atoms. The van der Waals surface area contributed by atoms with E-state index in [2.05, 4.69) is 0 Å². The first-order valence-electron chi connectivity index (χ1n) is 4.89. The number of carboxylic acids is 1. The van der Waals surface area contributed by atoms with Crippen molar-refractivity contribution >= 4 is 5.97 Å². The molecule has 14 heavy (non-hydrogen) atoms. The third-order valence-corrected chi connectivity index (χ3v) is 3.41. The molecule has 3 heteroatoms. The Labute approximate surface area is 82.7 Å². The molecule has 0 aromatic heterocycles. The van der Waals surface area contributed by atoms with Gasteiger partial charge in [0.25, 0.3) is 0 Å². The summed E-state index contributed by atoms with van der Waals surface area (Å²) in [4.78, 5) is 11.2. The Bertz CT molecular complexity index is 306. The van der Waals surface area contributed by atoms with Crippen molar-refractivity contribution in [2.75, 3.05) is 6.61 Å². The minimum absolute atomic E-state index is 0.0135. The summed E-state index contributed by atoms with van der Waals surface area (Å²) in [6.07, 6.45) is 9.15. The van der Waals surface area contributed by atoms with Gasteiger partial charge in [0.2, 0.25) is 0 Å². The van der Waals surface area contributed by atoms with Gasteiger partial charge >= 0.3 is 5.97 Å². The average molecular weight is 194 g/mol. The maximum absolute atomic E-state index is 11.2. The molecular formula is C11H14O3. The summed E-state index contributed by atoms with van der Waals surface area (Å²) in [6.45, 7) is -0.0135. The highest BCUT2D eigenvalue weighted by molar-refractivity contribution is 5.79. The minimum Gasteiger partial charge on any atom is -0.481 e. The molecule has 76 valence electrons. The van der Waals surface area contributed by atoms with E-state index in [9.17, 15) is 9.90 Å². The Hall–Kier alpha value is -1.09. The molecule has 0 aromatic carbocycles. The lowest BCUT2D eigenvalue weighted by molar-refractivity contribution is -0.146. The van der Waals surface area contributed by atoms with Crippen LogP contribution in [0.1, 0.15) is 12.8 Å². The summed E-state index contributed by atoms with van der Waals surface area (Å²) in [7, 11) is 0. The highest BCUT2D eigenvalue weighted by Crippen LogP contribution is 2.59. The van der Waals surface area contributed by atoms with E-state index in [4.69, 9.17) is 5.11 Å². The molecule has 1 unspecified atom stereocenters. The van der Waals surface area contributed by atoms with Crippen LogP contribution in [0.3, 0.4) is 0 Å². The van der Waals surface area contributed by atoms with Gasteiger partial charge in [-0.1, -0.05) is 24.3 Å². The first kappa shape index (κ1) is 9.46. The second-order valence-corrected chi connectivity index (χ2v) is 4.08. The van der Waals surface area contributed by atoms with Crippen molar-refractivity contribution in [2.24, 2.45) is 17.3 Å². The summed E-state index contributed by atoms with van der Waals surface area (Å²) in [5, 5.41) is 18.2. The van der Waals surface area contributed by atoms with Crippen molar-refractivity contribution < 1.29 is 15.0 Å². The Kier molecular flexibility index (Phi) is 2.19. The summed E-state index contributed by atoms with van der Waals surface area (Å²) < 4.78 is 0. The third-order valence-electron chi connectivity index (χ3n) is 3.41. The fourth-order valence-electron chi connectivity index (χ4n) is 2.41. The SMILES string of the molecule is O=C(O)[C@@]1(C2C=CC=CC2)C[C@H]1CO. The van der Waals surface area contributed by atoms with Gasteiger partial charge in [-0.3, -0.25) is 4.79 Å². The van der Waals surface area contributed by atoms with Crippen molar-refractivity contribution in [1.82, 2.24) is 0 Å². The van der Waals surface area contributed by atoms with E-state index in [0.29, 0.717) is 6.42 Å². The van der Waals surface area contributed by atoms with Gasteiger partial charge in [0, 0.05) is 6.61 Å². The molecule has 0 saturated heterocycles. The zero-order chi connectivity index (χ0) is 10.2. The van der Waals surface area contributed by atoms with Crippen LogP contribution in [-0.4, -0.2) is 22.8 Å². The smallest absolute Gasteiger partial charge is 0.310 e. The van der Waals surface area contributed by atoms with Gasteiger partial charge < -0.3 is 10.2 Å². The van der Waals surface area contributed by atoms with Gasteiger partial charge in [-0.25, -0.2) is 0 Å². The number of aliphatic hydroxyl groups is 1. The van der Waals surface area contributed by atoms with Gasteiger partial charge in [0.1, 0.15) is 0 Å². The quantitative estimate of drug-likeness (QED) is 0.709. The maximum atomic E-state index is 11.2. The highest BCUT2D eigenvalue weighted by Gasteiger charge is 2.63. The third kappa shape index (κ3) is 1.20. The standard InChI is InChI=1S/C11H14O3/c12-7-9-6-11(9,10(13)14)8-4-2-1-3-5-8/h1-4,8-9,12H,5-7H2,(H,13,14)/t8?,9-,11+/m0/s1. The van der Waals surface area contributed by atoms with Crippen LogP contribution >= 0.6 is 0 Å². The van der Waals surface area contributed by atoms with Crippen molar-refractivity contribution in [3.05, 3.63) is 24.3 Å². The monoisotopic (exact) mass is 194 g/mol. The Morgan fingerprint density at radius 3 is 2.71 bits per heavy atom. The molecule has 2 aliphatic carbocycles. The van der Waals surface area contributed by atoms with Crippen LogP contribution in [0.5, 0.6) is 0 Å². The van der Waals surface area contributed by atoms with E-state index in [1.165, 1.54) is 0 Å². The summed E-state index contributed by atoms with van der Waals surface area (Å²) >= 11 is 0. The van der Waals surface area contributed by atoms with E-state index in [-0.39, 0.29) is 18.4 Å². The largest absolute Gasteiger partial charge is 0.481 e. The number of hydrogen-bond acceptors (Lipinski definition) is 2. The second kappa shape index (κ2) is 3.24. The Morgan fingerprint density at radius 1 is 1.50 bits per heavy atom. The number of aliphatic carboxylic acids is 1. The molecule has 2 aliphatic rings. The van der Waals surface area contributed by atoms with Crippen LogP contribution in [-0.2, 0) is 4.79 Å². The number of carbonyl (C=O) groups is 1. The van der Waals surface area contributed by atoms with Crippen LogP contribution in [0, 0.1) is 17.3 Å². The predicted molar refractivity (Wildman–Crippen MR) is 51.6 cm³/mol. The first-order valence-corrected chi connectivity index (χ1v) is 4.89. The van der Waals surface area contributed by atoms with Crippen LogP contribution in [0.15, 0.2) is 24.3 Å². The van der Waals surface area contributed by atoms with Gasteiger partial charge in [-0.05, 0) is 24.7 Å². The van der Waals surface area contributed by atoms with Crippen LogP contribution in [0.2, 0.25) is 0 Å². The first-order chi connectivity index (χ1) is 6.71. The van der Waals surface area contributed by atoms with Gasteiger partial charge in [0.15, 0.2) is 0 Å². The Balaban J connectivity index is 2.17. The topological polar surface area (TPSA) is 57.5 Å². The average Bonchev–Trinajstić information content (AvgIpc) is 2.94. The van der Waals surface area contributed by atoms with Gasteiger partial charge in [0.05, 0.1) is 5.41 Å². The maximum Gasteiger partial charge on any atom is 0.310 e. The van der Waals surface area contributed by atoms with E-state index in [0.717, 1.165) is 6.42 Å². The fourth-order valence-corrected chi connectivity index (χ4v) is 2.41.